The van der Waals surface area contributed by atoms with Crippen molar-refractivity contribution in [1.82, 2.24) is 10.2 Å². The van der Waals surface area contributed by atoms with E-state index in [1.165, 1.54) is 5.56 Å². The average molecular weight is 256 g/mol. The molecule has 0 radical (unpaired) electrons. The second-order valence-electron chi connectivity index (χ2n) is 5.05. The fourth-order valence-electron chi connectivity index (χ4n) is 1.94. The summed E-state index contributed by atoms with van der Waals surface area (Å²) < 4.78 is 0. The number of aryl methyl sites for hydroxylation is 1. The molecular formula is C15H20N4. The fourth-order valence-corrected chi connectivity index (χ4v) is 1.94. The Morgan fingerprint density at radius 3 is 2.47 bits per heavy atom. The van der Waals surface area contributed by atoms with Gasteiger partial charge in [0.05, 0.1) is 6.20 Å². The summed E-state index contributed by atoms with van der Waals surface area (Å²) in [4.78, 5) is 2.23. The number of benzene rings is 1. The van der Waals surface area contributed by atoms with Gasteiger partial charge in [-0.3, -0.25) is 0 Å². The van der Waals surface area contributed by atoms with E-state index in [2.05, 4.69) is 35.0 Å². The van der Waals surface area contributed by atoms with E-state index in [4.69, 9.17) is 5.73 Å². The first-order valence-corrected chi connectivity index (χ1v) is 6.46. The molecule has 0 saturated carbocycles. The molecule has 1 aromatic carbocycles. The lowest BCUT2D eigenvalue weighted by Crippen LogP contribution is -2.31. The predicted octanol–water partition coefficient (Wildman–Crippen LogP) is 2.78. The highest BCUT2D eigenvalue weighted by atomic mass is 15.3. The normalized spacial score (nSPS) is 10.7. The van der Waals surface area contributed by atoms with E-state index in [0.29, 0.717) is 6.04 Å². The molecular weight excluding hydrogens is 236 g/mol. The van der Waals surface area contributed by atoms with Crippen LogP contribution in [0.25, 0.3) is 0 Å². The highest BCUT2D eigenvalue weighted by molar-refractivity contribution is 5.44. The van der Waals surface area contributed by atoms with Crippen LogP contribution in [0, 0.1) is 6.92 Å². The van der Waals surface area contributed by atoms with E-state index in [1.54, 1.807) is 6.20 Å². The zero-order valence-electron chi connectivity index (χ0n) is 11.7. The van der Waals surface area contributed by atoms with Gasteiger partial charge in [-0.2, -0.15) is 5.10 Å². The molecule has 2 aromatic rings. The topological polar surface area (TPSA) is 55.0 Å². The van der Waals surface area contributed by atoms with Crippen LogP contribution in [-0.2, 0) is 6.54 Å². The second kappa shape index (κ2) is 5.69. The third-order valence-corrected chi connectivity index (χ3v) is 3.03. The van der Waals surface area contributed by atoms with Crippen molar-refractivity contribution in [3.63, 3.8) is 0 Å². The summed E-state index contributed by atoms with van der Waals surface area (Å²) >= 11 is 0. The van der Waals surface area contributed by atoms with Crippen LogP contribution in [0.2, 0.25) is 0 Å². The standard InChI is InChI=1S/C15H20N4/c1-11(2)19(15-8-12(3)9-17-18-15)10-13-4-6-14(16)7-5-13/h4-9,11H,10,16H2,1-3H3. The molecule has 0 fully saturated rings. The minimum Gasteiger partial charge on any atom is -0.399 e. The van der Waals surface area contributed by atoms with Crippen molar-refractivity contribution in [3.8, 4) is 0 Å². The Labute approximate surface area is 114 Å². The smallest absolute Gasteiger partial charge is 0.152 e. The lowest BCUT2D eigenvalue weighted by molar-refractivity contribution is 0.665. The van der Waals surface area contributed by atoms with Gasteiger partial charge in [0.2, 0.25) is 0 Å². The Hall–Kier alpha value is -2.10. The van der Waals surface area contributed by atoms with E-state index >= 15 is 0 Å². The highest BCUT2D eigenvalue weighted by Gasteiger charge is 2.13. The molecule has 0 unspecified atom stereocenters. The maximum absolute atomic E-state index is 5.71. The molecule has 0 aliphatic rings. The van der Waals surface area contributed by atoms with Gasteiger partial charge in [-0.15, -0.1) is 5.10 Å². The molecule has 4 heteroatoms. The maximum Gasteiger partial charge on any atom is 0.152 e. The van der Waals surface area contributed by atoms with E-state index < -0.39 is 0 Å². The van der Waals surface area contributed by atoms with Gasteiger partial charge >= 0.3 is 0 Å². The van der Waals surface area contributed by atoms with Gasteiger partial charge in [-0.1, -0.05) is 12.1 Å². The molecule has 0 amide bonds. The Balaban J connectivity index is 2.23. The fraction of sp³-hybridized carbons (Fsp3) is 0.333. The van der Waals surface area contributed by atoms with Crippen molar-refractivity contribution in [2.75, 3.05) is 10.6 Å². The molecule has 4 nitrogen and oxygen atoms in total. The van der Waals surface area contributed by atoms with Crippen LogP contribution in [0.5, 0.6) is 0 Å². The molecule has 0 atom stereocenters. The van der Waals surface area contributed by atoms with Crippen molar-refractivity contribution in [1.29, 1.82) is 0 Å². The minimum absolute atomic E-state index is 0.355. The molecule has 0 spiro atoms. The van der Waals surface area contributed by atoms with Crippen LogP contribution in [0.15, 0.2) is 36.5 Å². The van der Waals surface area contributed by atoms with E-state index in [0.717, 1.165) is 23.6 Å². The number of hydrogen-bond acceptors (Lipinski definition) is 4. The summed E-state index contributed by atoms with van der Waals surface area (Å²) in [5.41, 5.74) is 8.83. The lowest BCUT2D eigenvalue weighted by Gasteiger charge is -2.27. The molecule has 100 valence electrons. The molecule has 1 heterocycles. The summed E-state index contributed by atoms with van der Waals surface area (Å²) in [6.07, 6.45) is 1.77. The van der Waals surface area contributed by atoms with Crippen LogP contribution in [0.1, 0.15) is 25.0 Å². The summed E-state index contributed by atoms with van der Waals surface area (Å²) in [6, 6.07) is 10.4. The monoisotopic (exact) mass is 256 g/mol. The molecule has 0 saturated heterocycles. The van der Waals surface area contributed by atoms with Crippen LogP contribution >= 0.6 is 0 Å². The Bertz CT molecular complexity index is 534. The largest absolute Gasteiger partial charge is 0.399 e. The Morgan fingerprint density at radius 1 is 1.21 bits per heavy atom. The van der Waals surface area contributed by atoms with Crippen LogP contribution in [0.4, 0.5) is 11.5 Å². The third kappa shape index (κ3) is 3.44. The van der Waals surface area contributed by atoms with Crippen LogP contribution < -0.4 is 10.6 Å². The van der Waals surface area contributed by atoms with Gasteiger partial charge in [-0.25, -0.2) is 0 Å². The zero-order chi connectivity index (χ0) is 13.8. The van der Waals surface area contributed by atoms with Gasteiger partial charge < -0.3 is 10.6 Å². The van der Waals surface area contributed by atoms with E-state index in [9.17, 15) is 0 Å². The molecule has 0 bridgehead atoms. The van der Waals surface area contributed by atoms with Crippen molar-refractivity contribution >= 4 is 11.5 Å². The lowest BCUT2D eigenvalue weighted by atomic mass is 10.1. The van der Waals surface area contributed by atoms with Crippen molar-refractivity contribution < 1.29 is 0 Å². The molecule has 1 aromatic heterocycles. The molecule has 0 aliphatic carbocycles. The predicted molar refractivity (Wildman–Crippen MR) is 78.9 cm³/mol. The summed E-state index contributed by atoms with van der Waals surface area (Å²) in [6.45, 7) is 7.14. The van der Waals surface area contributed by atoms with Gasteiger partial charge in [0, 0.05) is 18.3 Å². The SMILES string of the molecule is Cc1cnnc(N(Cc2ccc(N)cc2)C(C)C)c1. The summed E-state index contributed by atoms with van der Waals surface area (Å²) in [5, 5.41) is 8.26. The Morgan fingerprint density at radius 2 is 1.89 bits per heavy atom. The maximum atomic E-state index is 5.71. The summed E-state index contributed by atoms with van der Waals surface area (Å²) in [5.74, 6) is 0.909. The van der Waals surface area contributed by atoms with Crippen molar-refractivity contribution in [3.05, 3.63) is 47.7 Å². The molecule has 2 rings (SSSR count). The number of nitrogens with two attached hydrogens (primary N) is 1. The van der Waals surface area contributed by atoms with Gasteiger partial charge in [0.15, 0.2) is 5.82 Å². The number of aromatic nitrogens is 2. The van der Waals surface area contributed by atoms with Gasteiger partial charge in [0.25, 0.3) is 0 Å². The van der Waals surface area contributed by atoms with Gasteiger partial charge in [0.1, 0.15) is 0 Å². The average Bonchev–Trinajstić information content (AvgIpc) is 2.37. The first kappa shape index (κ1) is 13.3. The third-order valence-electron chi connectivity index (χ3n) is 3.03. The van der Waals surface area contributed by atoms with Crippen LogP contribution in [-0.4, -0.2) is 16.2 Å². The van der Waals surface area contributed by atoms with Crippen LogP contribution in [0.3, 0.4) is 0 Å². The van der Waals surface area contributed by atoms with E-state index in [1.807, 2.05) is 31.2 Å². The van der Waals surface area contributed by atoms with Crippen molar-refractivity contribution in [2.45, 2.75) is 33.4 Å². The number of nitrogens with zero attached hydrogens (tertiary/aromatic N) is 3. The minimum atomic E-state index is 0.355. The second-order valence-corrected chi connectivity index (χ2v) is 5.05. The first-order valence-electron chi connectivity index (χ1n) is 6.46. The molecule has 2 N–H and O–H groups in total. The Kier molecular flexibility index (Phi) is 4.00. The number of rotatable bonds is 4. The van der Waals surface area contributed by atoms with Crippen molar-refractivity contribution in [2.24, 2.45) is 0 Å². The number of anilines is 2. The molecule has 0 aliphatic heterocycles. The summed E-state index contributed by atoms with van der Waals surface area (Å²) in [7, 11) is 0. The van der Waals surface area contributed by atoms with Gasteiger partial charge in [-0.05, 0) is 50.1 Å². The quantitative estimate of drug-likeness (QED) is 0.855. The van der Waals surface area contributed by atoms with E-state index in [-0.39, 0.29) is 0 Å². The number of hydrogen-bond donors (Lipinski definition) is 1. The first-order chi connectivity index (χ1) is 9.06. The highest BCUT2D eigenvalue weighted by Crippen LogP contribution is 2.18. The number of nitrogen functional groups attached to an aromatic ring is 1. The zero-order valence-corrected chi connectivity index (χ0v) is 11.7. The molecule has 19 heavy (non-hydrogen) atoms.